The standard InChI is InChI=1S/C15H20N2.2C14H18N3.C14H19NO2.C9H11NO2.C8H9NO2.CH4.Pt/c1-5-11-6-7-13(16-9-11)12-8-14(17-10-12)15(2,3)4;2*1-5-10-6-7-11(15-9-10)12-8-13(17-16-12)14(2,3)4;1-5-10-6-7-11(15-9-10)12(16)8-13(17)14(2,3)4;1-3-7-4-5-8(10-6-7)9(11)12-2;1-2-6-3-4-7(8(10)11)9-5-6;;/h6-9H,5,10H2,1-4H3;2*6-9H,5H2,1-4H3;6-9,16H,5H2,1-4H3;4-6H,3H2,1-2H3;3-5H,2H2,1H3,(H,10,11);1H4;/q;2*-1;;;;;+2. The first-order valence-electron chi connectivity index (χ1n) is 31.1. The third-order valence-electron chi connectivity index (χ3n) is 14.2. The molecule has 0 amide bonds. The van der Waals surface area contributed by atoms with E-state index in [0.29, 0.717) is 11.4 Å². The van der Waals surface area contributed by atoms with E-state index >= 15 is 0 Å². The van der Waals surface area contributed by atoms with E-state index in [-0.39, 0.29) is 62.0 Å². The smallest absolute Gasteiger partial charge is 0.573 e. The van der Waals surface area contributed by atoms with Gasteiger partial charge in [-0.15, -0.1) is 0 Å². The van der Waals surface area contributed by atoms with Crippen molar-refractivity contribution in [3.05, 3.63) is 202 Å². The average molecular weight is 1450 g/mol. The van der Waals surface area contributed by atoms with Crippen molar-refractivity contribution in [2.24, 2.45) is 15.8 Å². The monoisotopic (exact) mass is 1440 g/mol. The van der Waals surface area contributed by atoms with Crippen molar-refractivity contribution in [2.45, 2.75) is 181 Å². The van der Waals surface area contributed by atoms with Gasteiger partial charge in [-0.1, -0.05) is 192 Å². The third-order valence-corrected chi connectivity index (χ3v) is 14.2. The molecule has 93 heavy (non-hydrogen) atoms. The number of carbonyl (C=O) groups is 3. The van der Waals surface area contributed by atoms with E-state index in [4.69, 9.17) is 5.11 Å². The van der Waals surface area contributed by atoms with Gasteiger partial charge in [0.15, 0.2) is 5.78 Å². The number of ether oxygens (including phenoxy) is 1. The molecule has 17 nitrogen and oxygen atoms in total. The van der Waals surface area contributed by atoms with Crippen molar-refractivity contribution in [3.63, 3.8) is 0 Å². The van der Waals surface area contributed by atoms with Crippen LogP contribution in [0.25, 0.3) is 34.1 Å². The molecule has 1 aliphatic rings. The van der Waals surface area contributed by atoms with E-state index in [9.17, 15) is 19.5 Å². The van der Waals surface area contributed by atoms with Crippen LogP contribution < -0.4 is 10.2 Å². The van der Waals surface area contributed by atoms with Crippen LogP contribution in [0, 0.1) is 10.8 Å². The number of hydrogen-bond acceptors (Lipinski definition) is 14. The summed E-state index contributed by atoms with van der Waals surface area (Å²) in [5.41, 5.74) is 16.6. The molecule has 9 heterocycles. The Morgan fingerprint density at radius 1 is 0.484 bits per heavy atom. The maximum absolute atomic E-state index is 11.7. The van der Waals surface area contributed by atoms with Gasteiger partial charge in [0.25, 0.3) is 0 Å². The molecule has 1 aliphatic heterocycles. The Balaban J connectivity index is 0.000000381. The van der Waals surface area contributed by atoms with Crippen LogP contribution in [0.3, 0.4) is 0 Å². The molecule has 0 atom stereocenters. The first kappa shape index (κ1) is 80.7. The number of hydrogen-bond donors (Lipinski definition) is 2. The molecule has 0 bridgehead atoms. The number of esters is 1. The third kappa shape index (κ3) is 26.6. The number of carbonyl (C=O) groups excluding carboxylic acids is 2. The van der Waals surface area contributed by atoms with Gasteiger partial charge < -0.3 is 35.3 Å². The maximum atomic E-state index is 11.7. The van der Waals surface area contributed by atoms with Gasteiger partial charge >= 0.3 is 33.0 Å². The Morgan fingerprint density at radius 3 is 1.10 bits per heavy atom. The minimum atomic E-state index is -0.979. The van der Waals surface area contributed by atoms with Gasteiger partial charge in [-0.3, -0.25) is 29.7 Å². The largest absolute Gasteiger partial charge is 2.00 e. The predicted molar refractivity (Wildman–Crippen MR) is 372 cm³/mol. The van der Waals surface area contributed by atoms with Crippen LogP contribution in [-0.4, -0.2) is 87.4 Å². The minimum absolute atomic E-state index is 0. The van der Waals surface area contributed by atoms with Gasteiger partial charge in [-0.25, -0.2) is 19.6 Å². The number of pyridine rings is 6. The molecule has 0 aromatic carbocycles. The first-order chi connectivity index (χ1) is 42.9. The van der Waals surface area contributed by atoms with E-state index in [1.165, 1.54) is 47.2 Å². The van der Waals surface area contributed by atoms with Crippen LogP contribution in [0.2, 0.25) is 0 Å². The molecule has 2 N–H and O–H groups in total. The van der Waals surface area contributed by atoms with E-state index < -0.39 is 17.4 Å². The van der Waals surface area contributed by atoms with Crippen LogP contribution >= 0.6 is 0 Å². The van der Waals surface area contributed by atoms with Gasteiger partial charge in [0, 0.05) is 99.0 Å². The molecule has 0 unspecified atom stereocenters. The number of carboxylic acid groups (broad SMARTS) is 1. The molecule has 8 aromatic rings. The quantitative estimate of drug-likeness (QED) is 0.0619. The van der Waals surface area contributed by atoms with Crippen molar-refractivity contribution in [2.75, 3.05) is 13.7 Å². The number of rotatable bonds is 13. The molecular weight excluding hydrogens is 1350 g/mol. The van der Waals surface area contributed by atoms with Crippen molar-refractivity contribution in [3.8, 4) is 22.8 Å². The van der Waals surface area contributed by atoms with Gasteiger partial charge in [-0.2, -0.15) is 0 Å². The van der Waals surface area contributed by atoms with Crippen LogP contribution in [0.4, 0.5) is 0 Å². The Bertz CT molecular complexity index is 3490. The van der Waals surface area contributed by atoms with E-state index in [2.05, 4.69) is 173 Å². The van der Waals surface area contributed by atoms with E-state index in [1.54, 1.807) is 36.8 Å². The summed E-state index contributed by atoms with van der Waals surface area (Å²) in [4.78, 5) is 62.7. The van der Waals surface area contributed by atoms with Crippen molar-refractivity contribution in [1.82, 2.24) is 50.3 Å². The summed E-state index contributed by atoms with van der Waals surface area (Å²) in [5, 5.41) is 35.1. The van der Waals surface area contributed by atoms with Gasteiger partial charge in [-0.05, 0) is 114 Å². The predicted octanol–water partition coefficient (Wildman–Crippen LogP) is 16.0. The summed E-state index contributed by atoms with van der Waals surface area (Å²) < 4.78 is 4.51. The Morgan fingerprint density at radius 2 is 0.828 bits per heavy atom. The summed E-state index contributed by atoms with van der Waals surface area (Å²) in [6, 6.07) is 27.0. The zero-order chi connectivity index (χ0) is 67.7. The molecule has 0 fully saturated rings. The molecule has 500 valence electrons. The van der Waals surface area contributed by atoms with Gasteiger partial charge in [0.05, 0.1) is 19.3 Å². The molecule has 0 aliphatic carbocycles. The molecule has 0 spiro atoms. The summed E-state index contributed by atoms with van der Waals surface area (Å²) in [6.07, 6.45) is 19.9. The normalized spacial score (nSPS) is 11.8. The Labute approximate surface area is 567 Å². The summed E-state index contributed by atoms with van der Waals surface area (Å²) in [5.74, 6) is -1.56. The molecule has 0 radical (unpaired) electrons. The second-order valence-corrected chi connectivity index (χ2v) is 25.7. The number of aliphatic hydroxyl groups excluding tert-OH is 1. The summed E-state index contributed by atoms with van der Waals surface area (Å²) in [6.45, 7) is 38.0. The summed E-state index contributed by atoms with van der Waals surface area (Å²) >= 11 is 0. The van der Waals surface area contributed by atoms with Crippen LogP contribution in [0.15, 0.2) is 139 Å². The molecule has 0 saturated carbocycles. The van der Waals surface area contributed by atoms with Crippen molar-refractivity contribution in [1.29, 1.82) is 0 Å². The van der Waals surface area contributed by atoms with Crippen molar-refractivity contribution < 1.29 is 50.4 Å². The molecular formula is C75H99N11O6Pt. The molecule has 18 heteroatoms. The van der Waals surface area contributed by atoms with Crippen LogP contribution in [0.1, 0.15) is 209 Å². The van der Waals surface area contributed by atoms with Gasteiger partial charge in [0.2, 0.25) is 0 Å². The fraction of sp³-hybridized carbons (Fsp3) is 0.413. The number of aromatic carboxylic acids is 1. The fourth-order valence-electron chi connectivity index (χ4n) is 7.82. The zero-order valence-electron chi connectivity index (χ0n) is 57.4. The zero-order valence-corrected chi connectivity index (χ0v) is 59.7. The topological polar surface area (TPSA) is 245 Å². The number of carboxylic acids is 1. The number of aryl methyl sites for hydroxylation is 6. The maximum Gasteiger partial charge on any atom is 2.00 e. The fourth-order valence-corrected chi connectivity index (χ4v) is 7.82. The Kier molecular flexibility index (Phi) is 32.9. The minimum Gasteiger partial charge on any atom is -0.573 e. The molecule has 9 rings (SSSR count). The van der Waals surface area contributed by atoms with Crippen LogP contribution in [-0.2, 0) is 80.0 Å². The average Bonchev–Trinajstić information content (AvgIpc) is 1.78. The molecule has 8 aromatic heterocycles. The van der Waals surface area contributed by atoms with Gasteiger partial charge in [0.1, 0.15) is 22.8 Å². The van der Waals surface area contributed by atoms with Crippen molar-refractivity contribution >= 4 is 34.8 Å². The molecule has 0 saturated heterocycles. The first-order valence-corrected chi connectivity index (χ1v) is 31.1. The Hall–Kier alpha value is -8.43. The summed E-state index contributed by atoms with van der Waals surface area (Å²) in [7, 11) is 1.34. The number of aliphatic hydroxyl groups is 1. The number of methoxy groups -OCH3 is 1. The van der Waals surface area contributed by atoms with E-state index in [1.807, 2.05) is 96.5 Å². The number of allylic oxidation sites excluding steroid dienone is 2. The van der Waals surface area contributed by atoms with E-state index in [0.717, 1.165) is 102 Å². The number of aromatic nitrogens is 10. The number of nitrogens with zero attached hydrogens (tertiary/aromatic N) is 11. The van der Waals surface area contributed by atoms with Crippen LogP contribution in [0.5, 0.6) is 0 Å². The SMILES string of the molecule is C.CCc1ccc(-c2cc(C(C)(C)C)n[n-]2)nc1.CCc1ccc(-c2cc(C(C)(C)C)n[n-]2)nc1.CCc1ccc(C(=O)O)nc1.CCc1ccc(C(=O)OC)nc1.CCc1ccc(C(O)=CC(=O)C(C)(C)C)nc1.CCc1ccc(C2=CC(C(C)(C)C)=NC2)nc1.[Pt+2]. The second kappa shape index (κ2) is 37.9. The number of aliphatic imine (C=N–C) groups is 1. The second-order valence-electron chi connectivity index (χ2n) is 25.7. The number of ketones is 1.